The van der Waals surface area contributed by atoms with Gasteiger partial charge in [0.05, 0.1) is 11.3 Å². The monoisotopic (exact) mass is 284 g/mol. The molecule has 1 aliphatic heterocycles. The molecule has 1 aromatic carbocycles. The molecule has 1 heterocycles. The zero-order valence-electron chi connectivity index (χ0n) is 10.3. The number of hydrogen-bond acceptors (Lipinski definition) is 2. The van der Waals surface area contributed by atoms with E-state index < -0.39 is 29.2 Å². The molecule has 7 heteroatoms. The number of anilines is 1. The third-order valence-electron chi connectivity index (χ3n) is 3.80. The zero-order chi connectivity index (χ0) is 14.5. The molecule has 0 aromatic heterocycles. The second-order valence-electron chi connectivity index (χ2n) is 5.05. The number of amides is 3. The van der Waals surface area contributed by atoms with Gasteiger partial charge in [0.2, 0.25) is 0 Å². The molecule has 0 atom stereocenters. The van der Waals surface area contributed by atoms with Crippen LogP contribution in [0.2, 0.25) is 0 Å². The second-order valence-corrected chi connectivity index (χ2v) is 5.05. The molecule has 1 spiro atoms. The number of rotatable bonds is 1. The Balaban J connectivity index is 1.97. The van der Waals surface area contributed by atoms with E-state index >= 15 is 0 Å². The standard InChI is InChI=1S/C13H11F3N2O2/c14-13(15,16)8-3-1-4-9(7-8)18-10(19)12(5-2-6-12)17-11(18)20/h1,3-4,7H,2,5-6H2,(H,17,20). The van der Waals surface area contributed by atoms with Crippen LogP contribution in [0, 0.1) is 0 Å². The highest BCUT2D eigenvalue weighted by molar-refractivity contribution is 6.23. The van der Waals surface area contributed by atoms with E-state index in [0.29, 0.717) is 12.8 Å². The summed E-state index contributed by atoms with van der Waals surface area (Å²) in [6, 6.07) is 3.57. The minimum atomic E-state index is -4.51. The van der Waals surface area contributed by atoms with Crippen molar-refractivity contribution < 1.29 is 22.8 Å². The van der Waals surface area contributed by atoms with E-state index in [1.165, 1.54) is 12.1 Å². The Bertz CT molecular complexity index is 594. The summed E-state index contributed by atoms with van der Waals surface area (Å²) in [5.74, 6) is -0.465. The summed E-state index contributed by atoms with van der Waals surface area (Å²) in [6.07, 6.45) is -2.62. The lowest BCUT2D eigenvalue weighted by Crippen LogP contribution is -2.52. The van der Waals surface area contributed by atoms with Crippen molar-refractivity contribution in [2.24, 2.45) is 0 Å². The van der Waals surface area contributed by atoms with E-state index in [1.54, 1.807) is 0 Å². The Hall–Kier alpha value is -2.05. The number of halogens is 3. The molecule has 1 aliphatic carbocycles. The average molecular weight is 284 g/mol. The van der Waals surface area contributed by atoms with Crippen molar-refractivity contribution in [3.05, 3.63) is 29.8 Å². The number of hydrogen-bond donors (Lipinski definition) is 1. The summed E-state index contributed by atoms with van der Waals surface area (Å²) in [5.41, 5.74) is -1.83. The normalized spacial score (nSPS) is 21.1. The fourth-order valence-corrected chi connectivity index (χ4v) is 2.55. The summed E-state index contributed by atoms with van der Waals surface area (Å²) in [6.45, 7) is 0. The number of nitrogens with one attached hydrogen (secondary N) is 1. The molecule has 20 heavy (non-hydrogen) atoms. The number of urea groups is 1. The predicted octanol–water partition coefficient (Wildman–Crippen LogP) is 2.68. The van der Waals surface area contributed by atoms with Crippen molar-refractivity contribution in [2.45, 2.75) is 31.0 Å². The summed E-state index contributed by atoms with van der Waals surface area (Å²) in [4.78, 5) is 24.9. The van der Waals surface area contributed by atoms with Crippen LogP contribution in [0.3, 0.4) is 0 Å². The van der Waals surface area contributed by atoms with Crippen LogP contribution in [0.5, 0.6) is 0 Å². The molecule has 2 aliphatic rings. The highest BCUT2D eigenvalue weighted by Crippen LogP contribution is 2.40. The molecule has 1 aromatic rings. The zero-order valence-corrected chi connectivity index (χ0v) is 10.3. The molecule has 0 unspecified atom stereocenters. The molecule has 106 valence electrons. The van der Waals surface area contributed by atoms with Crippen LogP contribution < -0.4 is 10.2 Å². The third kappa shape index (κ3) is 1.76. The van der Waals surface area contributed by atoms with Gasteiger partial charge in [-0.2, -0.15) is 13.2 Å². The molecular weight excluding hydrogens is 273 g/mol. The molecule has 1 saturated heterocycles. The van der Waals surface area contributed by atoms with E-state index in [9.17, 15) is 22.8 Å². The van der Waals surface area contributed by atoms with Gasteiger partial charge < -0.3 is 5.32 Å². The van der Waals surface area contributed by atoms with Gasteiger partial charge in [0.1, 0.15) is 5.54 Å². The molecule has 3 amide bonds. The van der Waals surface area contributed by atoms with E-state index in [4.69, 9.17) is 0 Å². The number of carbonyl (C=O) groups is 2. The van der Waals surface area contributed by atoms with Crippen molar-refractivity contribution >= 4 is 17.6 Å². The van der Waals surface area contributed by atoms with Gasteiger partial charge in [-0.3, -0.25) is 4.79 Å². The third-order valence-corrected chi connectivity index (χ3v) is 3.80. The Labute approximate surface area is 112 Å². The number of benzene rings is 1. The van der Waals surface area contributed by atoms with E-state index in [0.717, 1.165) is 23.5 Å². The lowest BCUT2D eigenvalue weighted by Gasteiger charge is -2.34. The molecule has 2 fully saturated rings. The Morgan fingerprint density at radius 2 is 1.90 bits per heavy atom. The van der Waals surface area contributed by atoms with Gasteiger partial charge in [-0.15, -0.1) is 0 Å². The molecule has 0 radical (unpaired) electrons. The lowest BCUT2D eigenvalue weighted by atomic mass is 9.77. The Morgan fingerprint density at radius 3 is 2.40 bits per heavy atom. The van der Waals surface area contributed by atoms with Gasteiger partial charge in [0.15, 0.2) is 0 Å². The van der Waals surface area contributed by atoms with Gasteiger partial charge in [-0.1, -0.05) is 6.07 Å². The maximum absolute atomic E-state index is 12.7. The largest absolute Gasteiger partial charge is 0.416 e. The number of carbonyl (C=O) groups excluding carboxylic acids is 2. The van der Waals surface area contributed by atoms with Crippen LogP contribution in [0.1, 0.15) is 24.8 Å². The van der Waals surface area contributed by atoms with Crippen molar-refractivity contribution in [2.75, 3.05) is 4.90 Å². The van der Waals surface area contributed by atoms with Crippen LogP contribution in [0.25, 0.3) is 0 Å². The first kappa shape index (κ1) is 13.0. The van der Waals surface area contributed by atoms with Crippen LogP contribution in [0.15, 0.2) is 24.3 Å². The lowest BCUT2D eigenvalue weighted by molar-refractivity contribution is -0.137. The highest BCUT2D eigenvalue weighted by atomic mass is 19.4. The maximum atomic E-state index is 12.7. The number of imide groups is 1. The van der Waals surface area contributed by atoms with Crippen molar-refractivity contribution in [3.8, 4) is 0 Å². The van der Waals surface area contributed by atoms with Crippen molar-refractivity contribution in [1.29, 1.82) is 0 Å². The highest BCUT2D eigenvalue weighted by Gasteiger charge is 2.55. The van der Waals surface area contributed by atoms with Crippen LogP contribution >= 0.6 is 0 Å². The second kappa shape index (κ2) is 3.97. The molecule has 1 N–H and O–H groups in total. The maximum Gasteiger partial charge on any atom is 0.416 e. The average Bonchev–Trinajstić information content (AvgIpc) is 2.60. The van der Waals surface area contributed by atoms with Gasteiger partial charge in [0.25, 0.3) is 5.91 Å². The first-order chi connectivity index (χ1) is 9.33. The minimum Gasteiger partial charge on any atom is -0.323 e. The first-order valence-electron chi connectivity index (χ1n) is 6.17. The van der Waals surface area contributed by atoms with Gasteiger partial charge >= 0.3 is 12.2 Å². The van der Waals surface area contributed by atoms with Crippen LogP contribution in [0.4, 0.5) is 23.7 Å². The molecule has 4 nitrogen and oxygen atoms in total. The van der Waals surface area contributed by atoms with Crippen LogP contribution in [-0.2, 0) is 11.0 Å². The fraction of sp³-hybridized carbons (Fsp3) is 0.385. The first-order valence-corrected chi connectivity index (χ1v) is 6.17. The van der Waals surface area contributed by atoms with Gasteiger partial charge in [-0.25, -0.2) is 9.69 Å². The SMILES string of the molecule is O=C1NC2(CCC2)C(=O)N1c1cccc(C(F)(F)F)c1. The molecule has 0 bridgehead atoms. The Kier molecular flexibility index (Phi) is 2.57. The quantitative estimate of drug-likeness (QED) is 0.806. The van der Waals surface area contributed by atoms with Crippen molar-refractivity contribution in [1.82, 2.24) is 5.32 Å². The van der Waals surface area contributed by atoms with Crippen LogP contribution in [-0.4, -0.2) is 17.5 Å². The number of nitrogens with zero attached hydrogens (tertiary/aromatic N) is 1. The van der Waals surface area contributed by atoms with Crippen molar-refractivity contribution in [3.63, 3.8) is 0 Å². The molecule has 3 rings (SSSR count). The van der Waals surface area contributed by atoms with Gasteiger partial charge in [0, 0.05) is 0 Å². The topological polar surface area (TPSA) is 49.4 Å². The fourth-order valence-electron chi connectivity index (χ4n) is 2.55. The van der Waals surface area contributed by atoms with E-state index in [-0.39, 0.29) is 5.69 Å². The number of alkyl halides is 3. The predicted molar refractivity (Wildman–Crippen MR) is 64.0 cm³/mol. The van der Waals surface area contributed by atoms with E-state index in [2.05, 4.69) is 5.32 Å². The molecule has 1 saturated carbocycles. The summed E-state index contributed by atoms with van der Waals surface area (Å²) in [7, 11) is 0. The summed E-state index contributed by atoms with van der Waals surface area (Å²) >= 11 is 0. The van der Waals surface area contributed by atoms with E-state index in [1.807, 2.05) is 0 Å². The van der Waals surface area contributed by atoms with Gasteiger partial charge in [-0.05, 0) is 37.5 Å². The summed E-state index contributed by atoms with van der Waals surface area (Å²) < 4.78 is 38.0. The summed E-state index contributed by atoms with van der Waals surface area (Å²) in [5, 5.41) is 2.58. The molecular formula is C13H11F3N2O2. The smallest absolute Gasteiger partial charge is 0.323 e. The minimum absolute atomic E-state index is 0.0499. The Morgan fingerprint density at radius 1 is 1.20 bits per heavy atom.